The second-order valence-electron chi connectivity index (χ2n) is 3.30. The molecule has 0 amide bonds. The topological polar surface area (TPSA) is 30.0 Å². The molecule has 0 bridgehead atoms. The standard InChI is InChI=1S/C9H11NOS/c11-5-9-10-8(6-12-9)4-7-2-1-3-7/h5-7H,1-4H2. The maximum Gasteiger partial charge on any atom is 0.178 e. The van der Waals surface area contributed by atoms with Crippen LogP contribution in [0.15, 0.2) is 5.38 Å². The fourth-order valence-corrected chi connectivity index (χ4v) is 2.09. The molecule has 0 aliphatic heterocycles. The number of carbonyl (C=O) groups excluding carboxylic acids is 1. The highest BCUT2D eigenvalue weighted by molar-refractivity contribution is 7.11. The molecular weight excluding hydrogens is 170 g/mol. The summed E-state index contributed by atoms with van der Waals surface area (Å²) in [7, 11) is 0. The Balaban J connectivity index is 1.97. The number of thiazole rings is 1. The van der Waals surface area contributed by atoms with Crippen molar-refractivity contribution in [3.05, 3.63) is 16.1 Å². The van der Waals surface area contributed by atoms with E-state index in [0.29, 0.717) is 5.01 Å². The van der Waals surface area contributed by atoms with Crippen molar-refractivity contribution in [1.82, 2.24) is 4.98 Å². The number of rotatable bonds is 3. The van der Waals surface area contributed by atoms with Crippen molar-refractivity contribution in [1.29, 1.82) is 0 Å². The van der Waals surface area contributed by atoms with E-state index in [1.54, 1.807) is 0 Å². The molecule has 3 heteroatoms. The fraction of sp³-hybridized carbons (Fsp3) is 0.556. The van der Waals surface area contributed by atoms with Crippen molar-refractivity contribution in [2.24, 2.45) is 5.92 Å². The van der Waals surface area contributed by atoms with Crippen molar-refractivity contribution >= 4 is 17.6 Å². The summed E-state index contributed by atoms with van der Waals surface area (Å²) in [6.07, 6.45) is 5.95. The van der Waals surface area contributed by atoms with Gasteiger partial charge in [0.25, 0.3) is 0 Å². The van der Waals surface area contributed by atoms with E-state index in [2.05, 4.69) is 4.98 Å². The van der Waals surface area contributed by atoms with Crippen LogP contribution < -0.4 is 0 Å². The van der Waals surface area contributed by atoms with Crippen LogP contribution in [0.3, 0.4) is 0 Å². The molecule has 1 aliphatic carbocycles. The largest absolute Gasteiger partial charge is 0.295 e. The molecule has 2 rings (SSSR count). The summed E-state index contributed by atoms with van der Waals surface area (Å²) in [6.45, 7) is 0. The first-order chi connectivity index (χ1) is 5.88. The van der Waals surface area contributed by atoms with E-state index in [0.717, 1.165) is 24.3 Å². The van der Waals surface area contributed by atoms with Gasteiger partial charge in [0.1, 0.15) is 0 Å². The molecule has 0 aromatic carbocycles. The highest BCUT2D eigenvalue weighted by Crippen LogP contribution is 2.29. The summed E-state index contributed by atoms with van der Waals surface area (Å²) in [5.41, 5.74) is 1.10. The van der Waals surface area contributed by atoms with Crippen LogP contribution in [0.2, 0.25) is 0 Å². The van der Waals surface area contributed by atoms with E-state index < -0.39 is 0 Å². The van der Waals surface area contributed by atoms with Crippen molar-refractivity contribution < 1.29 is 4.79 Å². The molecule has 2 nitrogen and oxygen atoms in total. The van der Waals surface area contributed by atoms with Crippen LogP contribution in [-0.2, 0) is 6.42 Å². The van der Waals surface area contributed by atoms with Crippen LogP contribution in [-0.4, -0.2) is 11.3 Å². The lowest BCUT2D eigenvalue weighted by Crippen LogP contribution is -2.13. The first-order valence-corrected chi connectivity index (χ1v) is 5.16. The monoisotopic (exact) mass is 181 g/mol. The summed E-state index contributed by atoms with van der Waals surface area (Å²) >= 11 is 1.45. The lowest BCUT2D eigenvalue weighted by Gasteiger charge is -2.24. The molecule has 0 atom stereocenters. The van der Waals surface area contributed by atoms with E-state index in [9.17, 15) is 4.79 Å². The third-order valence-corrected chi connectivity index (χ3v) is 3.21. The lowest BCUT2D eigenvalue weighted by molar-refractivity contribution is 0.112. The molecule has 0 radical (unpaired) electrons. The highest BCUT2D eigenvalue weighted by Gasteiger charge is 2.18. The van der Waals surface area contributed by atoms with Gasteiger partial charge in [0, 0.05) is 5.38 Å². The predicted octanol–water partition coefficient (Wildman–Crippen LogP) is 2.30. The first-order valence-electron chi connectivity index (χ1n) is 4.28. The summed E-state index contributed by atoms with van der Waals surface area (Å²) in [5, 5.41) is 2.62. The van der Waals surface area contributed by atoms with Gasteiger partial charge in [-0.15, -0.1) is 11.3 Å². The van der Waals surface area contributed by atoms with Crippen molar-refractivity contribution in [3.63, 3.8) is 0 Å². The van der Waals surface area contributed by atoms with E-state index in [4.69, 9.17) is 0 Å². The Kier molecular flexibility index (Phi) is 2.21. The average molecular weight is 181 g/mol. The summed E-state index contributed by atoms with van der Waals surface area (Å²) in [4.78, 5) is 14.5. The van der Waals surface area contributed by atoms with Crippen LogP contribution in [0.25, 0.3) is 0 Å². The molecule has 12 heavy (non-hydrogen) atoms. The van der Waals surface area contributed by atoms with Crippen molar-refractivity contribution in [3.8, 4) is 0 Å². The molecule has 0 saturated heterocycles. The molecule has 1 saturated carbocycles. The third-order valence-electron chi connectivity index (χ3n) is 2.39. The van der Waals surface area contributed by atoms with Gasteiger partial charge in [-0.3, -0.25) is 4.79 Å². The molecule has 0 spiro atoms. The van der Waals surface area contributed by atoms with Crippen LogP contribution in [0.1, 0.15) is 34.8 Å². The second kappa shape index (κ2) is 3.35. The minimum atomic E-state index is 0.615. The van der Waals surface area contributed by atoms with E-state index in [1.807, 2.05) is 5.38 Å². The van der Waals surface area contributed by atoms with Gasteiger partial charge in [0.2, 0.25) is 0 Å². The van der Waals surface area contributed by atoms with Gasteiger partial charge < -0.3 is 0 Å². The van der Waals surface area contributed by atoms with Crippen molar-refractivity contribution in [2.75, 3.05) is 0 Å². The third kappa shape index (κ3) is 1.55. The van der Waals surface area contributed by atoms with E-state index in [-0.39, 0.29) is 0 Å². The zero-order chi connectivity index (χ0) is 8.39. The maximum absolute atomic E-state index is 10.3. The Bertz CT molecular complexity index is 278. The fourth-order valence-electron chi connectivity index (χ4n) is 1.46. The average Bonchev–Trinajstić information content (AvgIpc) is 2.44. The van der Waals surface area contributed by atoms with Gasteiger partial charge in [0.05, 0.1) is 5.69 Å². The van der Waals surface area contributed by atoms with Crippen molar-refractivity contribution in [2.45, 2.75) is 25.7 Å². The minimum Gasteiger partial charge on any atom is -0.295 e. The molecule has 1 aromatic rings. The summed E-state index contributed by atoms with van der Waals surface area (Å²) in [6, 6.07) is 0. The number of nitrogens with zero attached hydrogens (tertiary/aromatic N) is 1. The van der Waals surface area contributed by atoms with Gasteiger partial charge >= 0.3 is 0 Å². The zero-order valence-electron chi connectivity index (χ0n) is 6.82. The minimum absolute atomic E-state index is 0.615. The Morgan fingerprint density at radius 3 is 3.00 bits per heavy atom. The molecule has 0 N–H and O–H groups in total. The van der Waals surface area contributed by atoms with Crippen LogP contribution >= 0.6 is 11.3 Å². The Hall–Kier alpha value is -0.700. The van der Waals surface area contributed by atoms with E-state index in [1.165, 1.54) is 30.6 Å². The molecule has 1 aliphatic rings. The molecule has 64 valence electrons. The lowest BCUT2D eigenvalue weighted by atomic mass is 9.82. The normalized spacial score (nSPS) is 17.3. The van der Waals surface area contributed by atoms with Crippen LogP contribution in [0, 0.1) is 5.92 Å². The van der Waals surface area contributed by atoms with E-state index >= 15 is 0 Å². The molecule has 1 fully saturated rings. The molecule has 0 unspecified atom stereocenters. The molecule has 1 aromatic heterocycles. The molecule has 1 heterocycles. The van der Waals surface area contributed by atoms with Gasteiger partial charge in [-0.25, -0.2) is 4.98 Å². The Labute approximate surface area is 75.6 Å². The first kappa shape index (κ1) is 7.92. The number of hydrogen-bond acceptors (Lipinski definition) is 3. The van der Waals surface area contributed by atoms with Crippen LogP contribution in [0.5, 0.6) is 0 Å². The number of carbonyl (C=O) groups is 1. The SMILES string of the molecule is O=Cc1nc(CC2CCC2)cs1. The van der Waals surface area contributed by atoms with Gasteiger partial charge in [0.15, 0.2) is 11.3 Å². The summed E-state index contributed by atoms with van der Waals surface area (Å²) < 4.78 is 0. The second-order valence-corrected chi connectivity index (χ2v) is 4.19. The van der Waals surface area contributed by atoms with Crippen LogP contribution in [0.4, 0.5) is 0 Å². The van der Waals surface area contributed by atoms with Gasteiger partial charge in [-0.05, 0) is 12.3 Å². The zero-order valence-corrected chi connectivity index (χ0v) is 7.64. The maximum atomic E-state index is 10.3. The smallest absolute Gasteiger partial charge is 0.178 e. The molecular formula is C9H11NOS. The Morgan fingerprint density at radius 2 is 2.50 bits per heavy atom. The quantitative estimate of drug-likeness (QED) is 0.670. The van der Waals surface area contributed by atoms with Gasteiger partial charge in [-0.2, -0.15) is 0 Å². The highest BCUT2D eigenvalue weighted by atomic mass is 32.1. The summed E-state index contributed by atoms with van der Waals surface area (Å²) in [5.74, 6) is 0.839. The van der Waals surface area contributed by atoms with Gasteiger partial charge in [-0.1, -0.05) is 19.3 Å². The predicted molar refractivity (Wildman–Crippen MR) is 48.5 cm³/mol. The number of aldehydes is 1. The number of aromatic nitrogens is 1. The number of hydrogen-bond donors (Lipinski definition) is 0. The Morgan fingerprint density at radius 1 is 1.67 bits per heavy atom.